The monoisotopic (exact) mass is 613 g/mol. The molecule has 2 aromatic rings. The molecule has 40 heavy (non-hydrogen) atoms. The summed E-state index contributed by atoms with van der Waals surface area (Å²) in [6.45, 7) is 5.91. The molecule has 2 aliphatic carbocycles. The quantitative estimate of drug-likeness (QED) is 0.332. The number of amides is 3. The molecule has 0 saturated heterocycles. The Morgan fingerprint density at radius 1 is 1.15 bits per heavy atom. The van der Waals surface area contributed by atoms with E-state index in [2.05, 4.69) is 33.5 Å². The van der Waals surface area contributed by atoms with Gasteiger partial charge in [-0.05, 0) is 95.4 Å². The van der Waals surface area contributed by atoms with Gasteiger partial charge in [0.05, 0.1) is 4.47 Å². The first-order chi connectivity index (χ1) is 19.0. The Kier molecular flexibility index (Phi) is 9.52. The van der Waals surface area contributed by atoms with Crippen molar-refractivity contribution < 1.29 is 29.0 Å². The van der Waals surface area contributed by atoms with Crippen LogP contribution in [0, 0.1) is 12.8 Å². The summed E-state index contributed by atoms with van der Waals surface area (Å²) < 4.78 is 12.7. The number of anilines is 1. The number of aryl methyl sites for hydroxylation is 1. The Bertz CT molecular complexity index is 1300. The summed E-state index contributed by atoms with van der Waals surface area (Å²) in [7, 11) is 0. The van der Waals surface area contributed by atoms with Gasteiger partial charge in [-0.3, -0.25) is 14.9 Å². The Labute approximate surface area is 242 Å². The number of carbonyl (C=O) groups is 3. The SMILES string of the molecule is Cc1cc(Br)c(OC2C=C(C(=O)NC(CC(C)C)C(N)=O)CC(OC(=O)Nc3ccccc3)C2O)c2c1CCC2. The van der Waals surface area contributed by atoms with Gasteiger partial charge >= 0.3 is 6.09 Å². The van der Waals surface area contributed by atoms with Crippen LogP contribution in [0.2, 0.25) is 0 Å². The molecule has 4 rings (SSSR count). The predicted octanol–water partition coefficient (Wildman–Crippen LogP) is 4.32. The van der Waals surface area contributed by atoms with E-state index >= 15 is 0 Å². The van der Waals surface area contributed by atoms with E-state index in [-0.39, 0.29) is 17.9 Å². The molecule has 10 heteroatoms. The third-order valence-electron chi connectivity index (χ3n) is 7.21. The number of hydrogen-bond donors (Lipinski definition) is 4. The van der Waals surface area contributed by atoms with E-state index in [0.717, 1.165) is 34.9 Å². The molecule has 214 valence electrons. The van der Waals surface area contributed by atoms with Crippen LogP contribution in [0.15, 0.2) is 52.5 Å². The number of nitrogens with one attached hydrogen (secondary N) is 2. The van der Waals surface area contributed by atoms with Gasteiger partial charge in [-0.25, -0.2) is 4.79 Å². The largest absolute Gasteiger partial charge is 0.482 e. The number of benzene rings is 2. The molecule has 2 aromatic carbocycles. The summed E-state index contributed by atoms with van der Waals surface area (Å²) >= 11 is 3.60. The second-order valence-corrected chi connectivity index (χ2v) is 11.6. The first kappa shape index (κ1) is 29.6. The summed E-state index contributed by atoms with van der Waals surface area (Å²) in [6, 6.07) is 9.88. The van der Waals surface area contributed by atoms with Crippen molar-refractivity contribution in [3.63, 3.8) is 0 Å². The molecule has 0 heterocycles. The number of carbonyl (C=O) groups excluding carboxylic acids is 3. The van der Waals surface area contributed by atoms with Crippen LogP contribution in [0.1, 0.15) is 49.8 Å². The van der Waals surface area contributed by atoms with E-state index in [1.165, 1.54) is 11.6 Å². The third kappa shape index (κ3) is 7.03. The van der Waals surface area contributed by atoms with Crippen molar-refractivity contribution in [2.75, 3.05) is 5.32 Å². The lowest BCUT2D eigenvalue weighted by Gasteiger charge is -2.34. The number of halogens is 1. The average Bonchev–Trinajstić information content (AvgIpc) is 3.39. The molecule has 9 nitrogen and oxygen atoms in total. The number of rotatable bonds is 9. The molecule has 0 aromatic heterocycles. The highest BCUT2D eigenvalue weighted by Crippen LogP contribution is 2.40. The van der Waals surface area contributed by atoms with Crippen molar-refractivity contribution in [3.05, 3.63) is 69.2 Å². The molecular weight excluding hydrogens is 578 g/mol. The summed E-state index contributed by atoms with van der Waals surface area (Å²) in [5.41, 5.74) is 9.73. The maximum absolute atomic E-state index is 13.3. The standard InChI is InChI=1S/C30H36BrN3O6/c1-16(2)12-23(28(32)36)34-29(37)18-14-24(39-27-21-11-7-10-20(21)17(3)13-22(27)31)26(35)25(15-18)40-30(38)33-19-8-5-4-6-9-19/h4-6,8-9,13-14,16,23-26,35H,7,10-12,15H2,1-3H3,(H2,32,36)(H,33,38)(H,34,37). The van der Waals surface area contributed by atoms with E-state index in [1.807, 2.05) is 26.0 Å². The van der Waals surface area contributed by atoms with Gasteiger partial charge in [-0.2, -0.15) is 0 Å². The Hall–Kier alpha value is -3.37. The van der Waals surface area contributed by atoms with Gasteiger partial charge < -0.3 is 25.6 Å². The molecule has 0 saturated carbocycles. The number of nitrogens with two attached hydrogens (primary N) is 1. The number of aliphatic hydroxyl groups is 1. The number of primary amides is 1. The third-order valence-corrected chi connectivity index (χ3v) is 7.80. The van der Waals surface area contributed by atoms with E-state index in [9.17, 15) is 19.5 Å². The van der Waals surface area contributed by atoms with E-state index in [1.54, 1.807) is 24.3 Å². The summed E-state index contributed by atoms with van der Waals surface area (Å²) in [6.07, 6.45) is 0.490. The van der Waals surface area contributed by atoms with Crippen LogP contribution in [-0.4, -0.2) is 47.4 Å². The molecule has 3 amide bonds. The van der Waals surface area contributed by atoms with Crippen molar-refractivity contribution in [3.8, 4) is 5.75 Å². The fraction of sp³-hybridized carbons (Fsp3) is 0.433. The van der Waals surface area contributed by atoms with Crippen molar-refractivity contribution in [1.82, 2.24) is 5.32 Å². The molecule has 0 aliphatic heterocycles. The van der Waals surface area contributed by atoms with Gasteiger partial charge in [0, 0.05) is 17.7 Å². The zero-order chi connectivity index (χ0) is 29.0. The predicted molar refractivity (Wildman–Crippen MR) is 155 cm³/mol. The lowest BCUT2D eigenvalue weighted by molar-refractivity contribution is -0.126. The number of ether oxygens (including phenoxy) is 2. The van der Waals surface area contributed by atoms with Gasteiger partial charge in [0.1, 0.15) is 30.1 Å². The zero-order valence-electron chi connectivity index (χ0n) is 22.9. The first-order valence-electron chi connectivity index (χ1n) is 13.5. The smallest absolute Gasteiger partial charge is 0.412 e. The fourth-order valence-electron chi connectivity index (χ4n) is 5.25. The first-order valence-corrected chi connectivity index (χ1v) is 14.3. The number of hydrogen-bond acceptors (Lipinski definition) is 6. The van der Waals surface area contributed by atoms with Crippen LogP contribution in [0.4, 0.5) is 10.5 Å². The zero-order valence-corrected chi connectivity index (χ0v) is 24.5. The topological polar surface area (TPSA) is 140 Å². The van der Waals surface area contributed by atoms with E-state index < -0.39 is 42.3 Å². The lowest BCUT2D eigenvalue weighted by atomic mass is 9.90. The summed E-state index contributed by atoms with van der Waals surface area (Å²) in [5, 5.41) is 16.6. The Morgan fingerprint density at radius 2 is 1.85 bits per heavy atom. The molecule has 0 radical (unpaired) electrons. The van der Waals surface area contributed by atoms with Gasteiger partial charge in [-0.15, -0.1) is 0 Å². The summed E-state index contributed by atoms with van der Waals surface area (Å²) in [5.74, 6) is -0.451. The second-order valence-electron chi connectivity index (χ2n) is 10.8. The minimum absolute atomic E-state index is 0.0740. The average molecular weight is 615 g/mol. The van der Waals surface area contributed by atoms with Gasteiger partial charge in [0.15, 0.2) is 0 Å². The molecule has 0 spiro atoms. The normalized spacial score (nSPS) is 20.8. The number of fused-ring (bicyclic) bond motifs is 1. The van der Waals surface area contributed by atoms with Crippen LogP contribution < -0.4 is 21.1 Å². The molecule has 5 N–H and O–H groups in total. The minimum atomic E-state index is -1.26. The van der Waals surface area contributed by atoms with Crippen molar-refractivity contribution >= 4 is 39.5 Å². The van der Waals surface area contributed by atoms with Gasteiger partial charge in [0.2, 0.25) is 11.8 Å². The molecule has 0 fully saturated rings. The van der Waals surface area contributed by atoms with E-state index in [0.29, 0.717) is 17.9 Å². The van der Waals surface area contributed by atoms with Crippen molar-refractivity contribution in [1.29, 1.82) is 0 Å². The number of para-hydroxylation sites is 1. The minimum Gasteiger partial charge on any atom is -0.482 e. The number of aliphatic hydroxyl groups excluding tert-OH is 1. The van der Waals surface area contributed by atoms with Crippen LogP contribution in [0.25, 0.3) is 0 Å². The molecule has 2 aliphatic rings. The fourth-order valence-corrected chi connectivity index (χ4v) is 5.93. The highest BCUT2D eigenvalue weighted by atomic mass is 79.9. The molecule has 4 unspecified atom stereocenters. The highest BCUT2D eigenvalue weighted by Gasteiger charge is 2.39. The Morgan fingerprint density at radius 3 is 2.52 bits per heavy atom. The van der Waals surface area contributed by atoms with Gasteiger partial charge in [0.25, 0.3) is 0 Å². The van der Waals surface area contributed by atoms with Crippen LogP contribution in [0.5, 0.6) is 5.75 Å². The van der Waals surface area contributed by atoms with Crippen molar-refractivity contribution in [2.45, 2.75) is 77.2 Å². The maximum Gasteiger partial charge on any atom is 0.412 e. The van der Waals surface area contributed by atoms with Gasteiger partial charge in [-0.1, -0.05) is 32.0 Å². The van der Waals surface area contributed by atoms with E-state index in [4.69, 9.17) is 15.2 Å². The highest BCUT2D eigenvalue weighted by molar-refractivity contribution is 9.10. The molecular formula is C30H36BrN3O6. The van der Waals surface area contributed by atoms with Crippen LogP contribution in [-0.2, 0) is 27.2 Å². The molecule has 4 atom stereocenters. The van der Waals surface area contributed by atoms with Crippen LogP contribution >= 0.6 is 15.9 Å². The van der Waals surface area contributed by atoms with Crippen molar-refractivity contribution in [2.24, 2.45) is 11.7 Å². The maximum atomic E-state index is 13.3. The van der Waals surface area contributed by atoms with Crippen LogP contribution in [0.3, 0.4) is 0 Å². The Balaban J connectivity index is 1.61. The lowest BCUT2D eigenvalue weighted by Crippen LogP contribution is -2.50. The summed E-state index contributed by atoms with van der Waals surface area (Å²) in [4.78, 5) is 38.1. The molecule has 0 bridgehead atoms. The second kappa shape index (κ2) is 12.9.